The number of rotatable bonds is 3. The first-order valence-electron chi connectivity index (χ1n) is 5.66. The summed E-state index contributed by atoms with van der Waals surface area (Å²) in [6.45, 7) is 0.541. The van der Waals surface area contributed by atoms with E-state index in [2.05, 4.69) is 5.32 Å². The third-order valence-corrected chi connectivity index (χ3v) is 4.46. The maximum absolute atomic E-state index is 12.8. The van der Waals surface area contributed by atoms with Crippen LogP contribution < -0.4 is 5.32 Å². The second-order valence-corrected chi connectivity index (χ2v) is 5.83. The molecule has 1 nitrogen and oxygen atoms in total. The lowest BCUT2D eigenvalue weighted by molar-refractivity contribution is -0.136. The van der Waals surface area contributed by atoms with Crippen molar-refractivity contribution in [3.8, 4) is 0 Å². The summed E-state index contributed by atoms with van der Waals surface area (Å²) in [5.74, 6) is 2.51. The average Bonchev–Trinajstić information content (AvgIpc) is 2.78. The van der Waals surface area contributed by atoms with E-state index in [1.165, 1.54) is 12.1 Å². The van der Waals surface area contributed by atoms with Crippen molar-refractivity contribution in [3.63, 3.8) is 0 Å². The van der Waals surface area contributed by atoms with Crippen molar-refractivity contribution >= 4 is 29.1 Å². The Kier molecular flexibility index (Phi) is 4.33. The van der Waals surface area contributed by atoms with E-state index >= 15 is 0 Å². The Morgan fingerprint density at radius 2 is 2.17 bits per heavy atom. The molecule has 0 aliphatic carbocycles. The third-order valence-electron chi connectivity index (χ3n) is 2.91. The number of thioether (sulfide) groups is 1. The summed E-state index contributed by atoms with van der Waals surface area (Å²) in [5, 5.41) is 2.99. The summed E-state index contributed by atoms with van der Waals surface area (Å²) in [6, 6.07) is 3.85. The van der Waals surface area contributed by atoms with E-state index in [0.29, 0.717) is 12.5 Å². The molecule has 1 heterocycles. The predicted octanol–water partition coefficient (Wildman–Crippen LogP) is 4.52. The van der Waals surface area contributed by atoms with E-state index in [1.54, 1.807) is 0 Å². The summed E-state index contributed by atoms with van der Waals surface area (Å²) in [5.41, 5.74) is -0.691. The molecule has 1 atom stereocenters. The first-order chi connectivity index (χ1) is 8.48. The van der Waals surface area contributed by atoms with Gasteiger partial charge in [0.2, 0.25) is 0 Å². The van der Waals surface area contributed by atoms with E-state index in [4.69, 9.17) is 11.6 Å². The quantitative estimate of drug-likeness (QED) is 0.879. The van der Waals surface area contributed by atoms with Crippen molar-refractivity contribution in [1.82, 2.24) is 0 Å². The van der Waals surface area contributed by atoms with Crippen molar-refractivity contribution in [2.24, 2.45) is 5.92 Å². The normalized spacial score (nSPS) is 20.1. The van der Waals surface area contributed by atoms with Gasteiger partial charge in [-0.25, -0.2) is 0 Å². The van der Waals surface area contributed by atoms with Crippen molar-refractivity contribution in [2.45, 2.75) is 12.6 Å². The SMILES string of the molecule is FC(F)(F)c1cccc(Cl)c1NCC1CCSC1. The van der Waals surface area contributed by atoms with Crippen molar-refractivity contribution in [1.29, 1.82) is 0 Å². The molecule has 6 heteroatoms. The molecule has 0 aromatic heterocycles. The van der Waals surface area contributed by atoms with Crippen molar-refractivity contribution < 1.29 is 13.2 Å². The van der Waals surface area contributed by atoms with Crippen molar-refractivity contribution in [2.75, 3.05) is 23.4 Å². The molecule has 0 saturated carbocycles. The number of hydrogen-bond acceptors (Lipinski definition) is 2. The fourth-order valence-corrected chi connectivity index (χ4v) is 3.46. The lowest BCUT2D eigenvalue weighted by atomic mass is 10.1. The molecule has 1 N–H and O–H groups in total. The average molecular weight is 296 g/mol. The van der Waals surface area contributed by atoms with E-state index in [0.717, 1.165) is 24.0 Å². The fourth-order valence-electron chi connectivity index (χ4n) is 1.93. The first kappa shape index (κ1) is 13.9. The highest BCUT2D eigenvalue weighted by atomic mass is 35.5. The maximum atomic E-state index is 12.8. The maximum Gasteiger partial charge on any atom is 0.418 e. The highest BCUT2D eigenvalue weighted by Gasteiger charge is 2.34. The second-order valence-electron chi connectivity index (χ2n) is 4.27. The minimum atomic E-state index is -4.38. The van der Waals surface area contributed by atoms with Gasteiger partial charge in [-0.2, -0.15) is 24.9 Å². The van der Waals surface area contributed by atoms with Crippen LogP contribution in [0.4, 0.5) is 18.9 Å². The summed E-state index contributed by atoms with van der Waals surface area (Å²) in [6.07, 6.45) is -3.33. The van der Waals surface area contributed by atoms with Crippen LogP contribution in [0.1, 0.15) is 12.0 Å². The van der Waals surface area contributed by atoms with Gasteiger partial charge in [0.05, 0.1) is 16.3 Å². The van der Waals surface area contributed by atoms with Gasteiger partial charge in [0.1, 0.15) is 0 Å². The highest BCUT2D eigenvalue weighted by Crippen LogP contribution is 2.38. The lowest BCUT2D eigenvalue weighted by Crippen LogP contribution is -2.17. The zero-order valence-electron chi connectivity index (χ0n) is 9.56. The molecule has 1 aliphatic heterocycles. The minimum Gasteiger partial charge on any atom is -0.383 e. The zero-order valence-corrected chi connectivity index (χ0v) is 11.1. The van der Waals surface area contributed by atoms with E-state index in [9.17, 15) is 13.2 Å². The van der Waals surface area contributed by atoms with E-state index < -0.39 is 11.7 Å². The Morgan fingerprint density at radius 3 is 2.78 bits per heavy atom. The van der Waals surface area contributed by atoms with Crippen LogP contribution in [0.25, 0.3) is 0 Å². The third kappa shape index (κ3) is 3.26. The van der Waals surface area contributed by atoms with Gasteiger partial charge in [-0.05, 0) is 36.0 Å². The Bertz CT molecular complexity index is 416. The molecule has 1 fully saturated rings. The van der Waals surface area contributed by atoms with Crippen LogP contribution in [-0.2, 0) is 6.18 Å². The number of halogens is 4. The van der Waals surface area contributed by atoms with Crippen LogP contribution in [0, 0.1) is 5.92 Å². The van der Waals surface area contributed by atoms with Gasteiger partial charge in [-0.1, -0.05) is 17.7 Å². The van der Waals surface area contributed by atoms with E-state index in [-0.39, 0.29) is 10.7 Å². The molecule has 0 spiro atoms. The molecule has 2 rings (SSSR count). The molecule has 18 heavy (non-hydrogen) atoms. The second kappa shape index (κ2) is 5.61. The summed E-state index contributed by atoms with van der Waals surface area (Å²) < 4.78 is 38.5. The Morgan fingerprint density at radius 1 is 1.39 bits per heavy atom. The molecule has 1 aromatic carbocycles. The number of hydrogen-bond donors (Lipinski definition) is 1. The molecular weight excluding hydrogens is 283 g/mol. The Hall–Kier alpha value is -0.550. The predicted molar refractivity (Wildman–Crippen MR) is 70.4 cm³/mol. The van der Waals surface area contributed by atoms with Gasteiger partial charge < -0.3 is 5.32 Å². The van der Waals surface area contributed by atoms with Crippen LogP contribution in [0.3, 0.4) is 0 Å². The zero-order chi connectivity index (χ0) is 13.2. The molecule has 1 unspecified atom stereocenters. The summed E-state index contributed by atoms with van der Waals surface area (Å²) >= 11 is 7.69. The standard InChI is InChI=1S/C12H13ClF3NS/c13-10-3-1-2-9(12(14,15)16)11(10)17-6-8-4-5-18-7-8/h1-3,8,17H,4-7H2. The van der Waals surface area contributed by atoms with Gasteiger partial charge in [0.25, 0.3) is 0 Å². The van der Waals surface area contributed by atoms with Gasteiger partial charge in [0.15, 0.2) is 0 Å². The minimum absolute atomic E-state index is 0.00330. The fraction of sp³-hybridized carbons (Fsp3) is 0.500. The Labute approximate surface area is 113 Å². The molecule has 0 radical (unpaired) electrons. The monoisotopic (exact) mass is 295 g/mol. The van der Waals surface area contributed by atoms with Crippen LogP contribution in [0.5, 0.6) is 0 Å². The van der Waals surface area contributed by atoms with Crippen LogP contribution in [0.15, 0.2) is 18.2 Å². The summed E-state index contributed by atoms with van der Waals surface area (Å²) in [7, 11) is 0. The molecule has 1 saturated heterocycles. The molecule has 0 bridgehead atoms. The van der Waals surface area contributed by atoms with Crippen LogP contribution in [-0.4, -0.2) is 18.1 Å². The van der Waals surface area contributed by atoms with Crippen LogP contribution >= 0.6 is 23.4 Å². The molecule has 100 valence electrons. The highest BCUT2D eigenvalue weighted by molar-refractivity contribution is 7.99. The number of alkyl halides is 3. The molecule has 0 amide bonds. The van der Waals surface area contributed by atoms with E-state index in [1.807, 2.05) is 11.8 Å². The van der Waals surface area contributed by atoms with Crippen LogP contribution in [0.2, 0.25) is 5.02 Å². The number of anilines is 1. The molecule has 1 aliphatic rings. The smallest absolute Gasteiger partial charge is 0.383 e. The van der Waals surface area contributed by atoms with Gasteiger partial charge >= 0.3 is 6.18 Å². The van der Waals surface area contributed by atoms with Crippen molar-refractivity contribution in [3.05, 3.63) is 28.8 Å². The Balaban J connectivity index is 2.14. The number of benzene rings is 1. The number of nitrogens with one attached hydrogen (secondary N) is 1. The first-order valence-corrected chi connectivity index (χ1v) is 7.19. The summed E-state index contributed by atoms with van der Waals surface area (Å²) in [4.78, 5) is 0. The number of para-hydroxylation sites is 1. The molecule has 1 aromatic rings. The van der Waals surface area contributed by atoms with Gasteiger partial charge in [-0.15, -0.1) is 0 Å². The lowest BCUT2D eigenvalue weighted by Gasteiger charge is -2.17. The largest absolute Gasteiger partial charge is 0.418 e. The van der Waals surface area contributed by atoms with Gasteiger partial charge in [0, 0.05) is 6.54 Å². The molecular formula is C12H13ClF3NS. The van der Waals surface area contributed by atoms with Gasteiger partial charge in [-0.3, -0.25) is 0 Å². The topological polar surface area (TPSA) is 12.0 Å².